The van der Waals surface area contributed by atoms with Crippen LogP contribution in [0.3, 0.4) is 0 Å². The molecule has 1 aromatic rings. The van der Waals surface area contributed by atoms with Crippen LogP contribution in [0.15, 0.2) is 0 Å². The zero-order valence-electron chi connectivity index (χ0n) is 9.53. The Morgan fingerprint density at radius 3 is 2.73 bits per heavy atom. The zero-order valence-corrected chi connectivity index (χ0v) is 10.3. The van der Waals surface area contributed by atoms with Crippen molar-refractivity contribution in [3.8, 4) is 0 Å². The standard InChI is InChI=1S/C10H18N4S/c1-7-4-5-14(8(2)6-7)9-11-12-10(15)13(9)3/h7-8H,4-6H2,1-3H3,(H,12,15). The largest absolute Gasteiger partial charge is 0.338 e. The van der Waals surface area contributed by atoms with Gasteiger partial charge in [-0.3, -0.25) is 4.57 Å². The third-order valence-electron chi connectivity index (χ3n) is 3.25. The fourth-order valence-corrected chi connectivity index (χ4v) is 2.43. The molecule has 4 nitrogen and oxygen atoms in total. The van der Waals surface area contributed by atoms with Crippen LogP contribution in [-0.4, -0.2) is 27.4 Å². The lowest BCUT2D eigenvalue weighted by Crippen LogP contribution is -2.41. The summed E-state index contributed by atoms with van der Waals surface area (Å²) in [5.74, 6) is 1.79. The average molecular weight is 226 g/mol. The second-order valence-corrected chi connectivity index (χ2v) is 4.95. The van der Waals surface area contributed by atoms with Gasteiger partial charge in [-0.15, -0.1) is 5.10 Å². The molecule has 0 amide bonds. The first kappa shape index (κ1) is 10.7. The quantitative estimate of drug-likeness (QED) is 0.745. The van der Waals surface area contributed by atoms with E-state index in [9.17, 15) is 0 Å². The Kier molecular flexibility index (Phi) is 2.82. The van der Waals surface area contributed by atoms with E-state index in [4.69, 9.17) is 12.2 Å². The second kappa shape index (κ2) is 3.96. The fraction of sp³-hybridized carbons (Fsp3) is 0.800. The second-order valence-electron chi connectivity index (χ2n) is 4.56. The van der Waals surface area contributed by atoms with Crippen molar-refractivity contribution in [1.82, 2.24) is 14.8 Å². The first-order valence-corrected chi connectivity index (χ1v) is 5.88. The van der Waals surface area contributed by atoms with Gasteiger partial charge in [0.2, 0.25) is 5.95 Å². The van der Waals surface area contributed by atoms with E-state index in [1.807, 2.05) is 11.6 Å². The van der Waals surface area contributed by atoms with E-state index in [-0.39, 0.29) is 0 Å². The molecule has 0 aromatic carbocycles. The van der Waals surface area contributed by atoms with Crippen LogP contribution in [0.4, 0.5) is 5.95 Å². The van der Waals surface area contributed by atoms with Crippen molar-refractivity contribution in [3.05, 3.63) is 4.77 Å². The molecule has 1 N–H and O–H groups in total. The summed E-state index contributed by atoms with van der Waals surface area (Å²) >= 11 is 5.12. The molecule has 5 heteroatoms. The molecule has 2 atom stereocenters. The highest BCUT2D eigenvalue weighted by molar-refractivity contribution is 7.71. The predicted molar refractivity (Wildman–Crippen MR) is 63.6 cm³/mol. The van der Waals surface area contributed by atoms with Gasteiger partial charge in [0.05, 0.1) is 0 Å². The molecule has 0 spiro atoms. The number of nitrogens with zero attached hydrogens (tertiary/aromatic N) is 3. The lowest BCUT2D eigenvalue weighted by Gasteiger charge is -2.36. The minimum atomic E-state index is 0.553. The topological polar surface area (TPSA) is 36.9 Å². The Labute approximate surface area is 95.3 Å². The molecule has 1 aromatic heterocycles. The van der Waals surface area contributed by atoms with Crippen LogP contribution in [0, 0.1) is 10.7 Å². The Morgan fingerprint density at radius 1 is 1.47 bits per heavy atom. The lowest BCUT2D eigenvalue weighted by molar-refractivity contribution is 0.372. The first-order chi connectivity index (χ1) is 7.09. The molecule has 0 bridgehead atoms. The average Bonchev–Trinajstić information content (AvgIpc) is 2.49. The SMILES string of the molecule is CC1CCN(c2n[nH]c(=S)n2C)C(C)C1. The molecule has 15 heavy (non-hydrogen) atoms. The third-order valence-corrected chi connectivity index (χ3v) is 3.62. The zero-order chi connectivity index (χ0) is 11.0. The number of H-pyrrole nitrogens is 1. The first-order valence-electron chi connectivity index (χ1n) is 5.47. The molecule has 1 aliphatic heterocycles. The van der Waals surface area contributed by atoms with Crippen molar-refractivity contribution in [2.75, 3.05) is 11.4 Å². The van der Waals surface area contributed by atoms with Crippen LogP contribution in [0.25, 0.3) is 0 Å². The van der Waals surface area contributed by atoms with E-state index in [0.717, 1.165) is 18.4 Å². The van der Waals surface area contributed by atoms with Crippen LogP contribution in [0.5, 0.6) is 0 Å². The normalized spacial score (nSPS) is 27.0. The highest BCUT2D eigenvalue weighted by Gasteiger charge is 2.25. The number of anilines is 1. The minimum absolute atomic E-state index is 0.553. The van der Waals surface area contributed by atoms with Crippen LogP contribution in [0.2, 0.25) is 0 Å². The Hall–Kier alpha value is -0.840. The molecule has 0 radical (unpaired) electrons. The van der Waals surface area contributed by atoms with Gasteiger partial charge in [0.1, 0.15) is 0 Å². The van der Waals surface area contributed by atoms with Gasteiger partial charge in [-0.05, 0) is 37.9 Å². The number of aromatic amines is 1. The summed E-state index contributed by atoms with van der Waals surface area (Å²) < 4.78 is 2.64. The summed E-state index contributed by atoms with van der Waals surface area (Å²) in [6, 6.07) is 0.553. The van der Waals surface area contributed by atoms with E-state index < -0.39 is 0 Å². The number of nitrogens with one attached hydrogen (secondary N) is 1. The molecular weight excluding hydrogens is 208 g/mol. The Morgan fingerprint density at radius 2 is 2.20 bits per heavy atom. The van der Waals surface area contributed by atoms with E-state index in [2.05, 4.69) is 28.9 Å². The van der Waals surface area contributed by atoms with Gasteiger partial charge >= 0.3 is 0 Å². The maximum absolute atomic E-state index is 5.12. The predicted octanol–water partition coefficient (Wildman–Crippen LogP) is 2.10. The summed E-state index contributed by atoms with van der Waals surface area (Å²) in [4.78, 5) is 2.34. The molecule has 2 rings (SSSR count). The maximum Gasteiger partial charge on any atom is 0.225 e. The van der Waals surface area contributed by atoms with Gasteiger partial charge in [-0.25, -0.2) is 5.10 Å². The molecule has 1 saturated heterocycles. The van der Waals surface area contributed by atoms with E-state index >= 15 is 0 Å². The maximum atomic E-state index is 5.12. The summed E-state index contributed by atoms with van der Waals surface area (Å²) in [6.45, 7) is 5.65. The minimum Gasteiger partial charge on any atom is -0.338 e. The monoisotopic (exact) mass is 226 g/mol. The van der Waals surface area contributed by atoms with E-state index in [0.29, 0.717) is 10.8 Å². The smallest absolute Gasteiger partial charge is 0.225 e. The van der Waals surface area contributed by atoms with E-state index in [1.165, 1.54) is 12.8 Å². The van der Waals surface area contributed by atoms with Gasteiger partial charge < -0.3 is 4.90 Å². The van der Waals surface area contributed by atoms with Gasteiger partial charge in [0, 0.05) is 19.6 Å². The fourth-order valence-electron chi connectivity index (χ4n) is 2.30. The lowest BCUT2D eigenvalue weighted by atomic mass is 9.94. The molecule has 84 valence electrons. The van der Waals surface area contributed by atoms with E-state index in [1.54, 1.807) is 0 Å². The number of piperidine rings is 1. The number of aromatic nitrogens is 3. The highest BCUT2D eigenvalue weighted by atomic mass is 32.1. The van der Waals surface area contributed by atoms with Crippen molar-refractivity contribution in [2.24, 2.45) is 13.0 Å². The molecular formula is C10H18N4S. The van der Waals surface area contributed by atoms with Gasteiger partial charge in [-0.1, -0.05) is 6.92 Å². The summed E-state index contributed by atoms with van der Waals surface area (Å²) in [6.07, 6.45) is 2.48. The molecule has 0 aliphatic carbocycles. The van der Waals surface area contributed by atoms with Crippen molar-refractivity contribution < 1.29 is 0 Å². The number of hydrogen-bond acceptors (Lipinski definition) is 3. The van der Waals surface area contributed by atoms with Crippen LogP contribution >= 0.6 is 12.2 Å². The van der Waals surface area contributed by atoms with Crippen molar-refractivity contribution in [2.45, 2.75) is 32.7 Å². The Balaban J connectivity index is 2.24. The third kappa shape index (κ3) is 1.93. The van der Waals surface area contributed by atoms with Crippen molar-refractivity contribution >= 4 is 18.2 Å². The van der Waals surface area contributed by atoms with Crippen LogP contribution in [-0.2, 0) is 7.05 Å². The Bertz CT molecular complexity index is 394. The molecule has 2 unspecified atom stereocenters. The van der Waals surface area contributed by atoms with Crippen LogP contribution < -0.4 is 4.90 Å². The number of rotatable bonds is 1. The summed E-state index contributed by atoms with van der Waals surface area (Å²) in [5.41, 5.74) is 0. The van der Waals surface area contributed by atoms with Crippen molar-refractivity contribution in [3.63, 3.8) is 0 Å². The highest BCUT2D eigenvalue weighted by Crippen LogP contribution is 2.25. The number of hydrogen-bond donors (Lipinski definition) is 1. The van der Waals surface area contributed by atoms with Gasteiger partial charge in [0.25, 0.3) is 0 Å². The van der Waals surface area contributed by atoms with Crippen molar-refractivity contribution in [1.29, 1.82) is 0 Å². The summed E-state index contributed by atoms with van der Waals surface area (Å²) in [5, 5.41) is 7.13. The van der Waals surface area contributed by atoms with Gasteiger partial charge in [-0.2, -0.15) is 0 Å². The van der Waals surface area contributed by atoms with Gasteiger partial charge in [0.15, 0.2) is 4.77 Å². The van der Waals surface area contributed by atoms with Crippen LogP contribution in [0.1, 0.15) is 26.7 Å². The molecule has 1 fully saturated rings. The molecule has 0 saturated carbocycles. The summed E-state index contributed by atoms with van der Waals surface area (Å²) in [7, 11) is 1.96. The molecule has 1 aliphatic rings. The molecule has 2 heterocycles.